The number of imidazole rings is 1. The molecular weight excluding hydrogens is 326 g/mol. The molecular formula is C17H21N3O3S. The fourth-order valence-electron chi connectivity index (χ4n) is 3.39. The predicted molar refractivity (Wildman–Crippen MR) is 90.8 cm³/mol. The van der Waals surface area contributed by atoms with Gasteiger partial charge in [-0.1, -0.05) is 13.0 Å². The molecule has 1 unspecified atom stereocenters. The van der Waals surface area contributed by atoms with Crippen molar-refractivity contribution in [3.63, 3.8) is 0 Å². The van der Waals surface area contributed by atoms with Gasteiger partial charge in [-0.05, 0) is 17.9 Å². The van der Waals surface area contributed by atoms with Crippen molar-refractivity contribution >= 4 is 23.2 Å². The molecule has 1 aliphatic rings. The Morgan fingerprint density at radius 2 is 2.25 bits per heavy atom. The van der Waals surface area contributed by atoms with Gasteiger partial charge in [-0.2, -0.15) is 0 Å². The number of aliphatic carboxylic acids is 1. The molecule has 2 aromatic rings. The first-order chi connectivity index (χ1) is 11.5. The standard InChI is InChI=1S/C17H21N3O3S/c1-11(6-12-4-3-5-24-12)16(21)20-8-13(14(9-20)17(22)23)15-7-18-10-19(15)2/h3-5,7,10-11,13-14H,6,8-9H2,1-2H3,(H,22,23)/t11?,13-,14-/m0/s1. The van der Waals surface area contributed by atoms with Crippen LogP contribution in [0, 0.1) is 11.8 Å². The molecule has 24 heavy (non-hydrogen) atoms. The summed E-state index contributed by atoms with van der Waals surface area (Å²) in [5, 5.41) is 11.6. The maximum absolute atomic E-state index is 12.8. The van der Waals surface area contributed by atoms with Gasteiger partial charge in [0.15, 0.2) is 0 Å². The van der Waals surface area contributed by atoms with Crippen LogP contribution in [0.3, 0.4) is 0 Å². The van der Waals surface area contributed by atoms with E-state index in [0.717, 1.165) is 5.69 Å². The van der Waals surface area contributed by atoms with Gasteiger partial charge in [0.05, 0.1) is 12.2 Å². The summed E-state index contributed by atoms with van der Waals surface area (Å²) < 4.78 is 1.84. The van der Waals surface area contributed by atoms with Crippen molar-refractivity contribution < 1.29 is 14.7 Å². The third kappa shape index (κ3) is 3.21. The van der Waals surface area contributed by atoms with Crippen molar-refractivity contribution in [3.8, 4) is 0 Å². The van der Waals surface area contributed by atoms with Crippen LogP contribution >= 0.6 is 11.3 Å². The van der Waals surface area contributed by atoms with E-state index in [9.17, 15) is 14.7 Å². The van der Waals surface area contributed by atoms with Gasteiger partial charge >= 0.3 is 5.97 Å². The summed E-state index contributed by atoms with van der Waals surface area (Å²) >= 11 is 1.64. The Labute approximate surface area is 144 Å². The van der Waals surface area contributed by atoms with E-state index in [2.05, 4.69) is 4.98 Å². The molecule has 1 N–H and O–H groups in total. The third-order valence-corrected chi connectivity index (χ3v) is 5.59. The van der Waals surface area contributed by atoms with Crippen molar-refractivity contribution in [2.75, 3.05) is 13.1 Å². The van der Waals surface area contributed by atoms with E-state index >= 15 is 0 Å². The van der Waals surface area contributed by atoms with Crippen LogP contribution in [-0.4, -0.2) is 44.5 Å². The minimum atomic E-state index is -0.859. The van der Waals surface area contributed by atoms with E-state index in [1.807, 2.05) is 36.1 Å². The average Bonchev–Trinajstić information content (AvgIpc) is 3.25. The summed E-state index contributed by atoms with van der Waals surface area (Å²) in [7, 11) is 1.85. The van der Waals surface area contributed by atoms with E-state index in [1.54, 1.807) is 28.8 Å². The van der Waals surface area contributed by atoms with Gasteiger partial charge in [-0.3, -0.25) is 9.59 Å². The van der Waals surface area contributed by atoms with E-state index in [-0.39, 0.29) is 24.3 Å². The van der Waals surface area contributed by atoms with Crippen LogP contribution in [0.2, 0.25) is 0 Å². The van der Waals surface area contributed by atoms with E-state index in [0.29, 0.717) is 13.0 Å². The molecule has 1 aliphatic heterocycles. The predicted octanol–water partition coefficient (Wildman–Crippen LogP) is 1.99. The smallest absolute Gasteiger partial charge is 0.309 e. The number of nitrogens with zero attached hydrogens (tertiary/aromatic N) is 3. The summed E-state index contributed by atoms with van der Waals surface area (Å²) in [4.78, 5) is 31.4. The topological polar surface area (TPSA) is 75.4 Å². The van der Waals surface area contributed by atoms with Crippen molar-refractivity contribution in [3.05, 3.63) is 40.6 Å². The second-order valence-corrected chi connectivity index (χ2v) is 7.44. The molecule has 3 atom stereocenters. The van der Waals surface area contributed by atoms with Crippen molar-refractivity contribution in [2.24, 2.45) is 18.9 Å². The SMILES string of the molecule is CC(Cc1cccs1)C(=O)N1C[C@H](C(=O)O)[C@@H](c2cncn2C)C1. The van der Waals surface area contributed by atoms with Crippen molar-refractivity contribution in [1.82, 2.24) is 14.5 Å². The zero-order valence-electron chi connectivity index (χ0n) is 13.8. The molecule has 0 bridgehead atoms. The molecule has 3 heterocycles. The molecule has 0 radical (unpaired) electrons. The molecule has 1 fully saturated rings. The van der Waals surface area contributed by atoms with Gasteiger partial charge < -0.3 is 14.6 Å². The number of likely N-dealkylation sites (tertiary alicyclic amines) is 1. The summed E-state index contributed by atoms with van der Waals surface area (Å²) in [6.45, 7) is 2.61. The lowest BCUT2D eigenvalue weighted by atomic mass is 9.93. The Morgan fingerprint density at radius 1 is 1.46 bits per heavy atom. The lowest BCUT2D eigenvalue weighted by Gasteiger charge is -2.20. The largest absolute Gasteiger partial charge is 0.481 e. The maximum Gasteiger partial charge on any atom is 0.309 e. The molecule has 1 saturated heterocycles. The Bertz CT molecular complexity index is 725. The fraction of sp³-hybridized carbons (Fsp3) is 0.471. The average molecular weight is 347 g/mol. The molecule has 2 aromatic heterocycles. The first-order valence-corrected chi connectivity index (χ1v) is 8.85. The van der Waals surface area contributed by atoms with Gasteiger partial charge in [-0.25, -0.2) is 4.98 Å². The Kier molecular flexibility index (Phi) is 4.71. The first-order valence-electron chi connectivity index (χ1n) is 7.97. The lowest BCUT2D eigenvalue weighted by molar-refractivity contribution is -0.142. The number of rotatable bonds is 5. The molecule has 0 saturated carbocycles. The first kappa shape index (κ1) is 16.7. The maximum atomic E-state index is 12.8. The number of amides is 1. The lowest BCUT2D eigenvalue weighted by Crippen LogP contribution is -2.34. The minimum absolute atomic E-state index is 0.0271. The third-order valence-electron chi connectivity index (χ3n) is 4.69. The second kappa shape index (κ2) is 6.76. The number of hydrogen-bond donors (Lipinski definition) is 1. The van der Waals surface area contributed by atoms with Gasteiger partial charge in [-0.15, -0.1) is 11.3 Å². The molecule has 0 spiro atoms. The van der Waals surface area contributed by atoms with E-state index in [1.165, 1.54) is 4.88 Å². The molecule has 7 heteroatoms. The van der Waals surface area contributed by atoms with Crippen LogP contribution in [-0.2, 0) is 23.1 Å². The van der Waals surface area contributed by atoms with Crippen LogP contribution in [0.25, 0.3) is 0 Å². The highest BCUT2D eigenvalue weighted by atomic mass is 32.1. The van der Waals surface area contributed by atoms with Gasteiger partial charge in [0.25, 0.3) is 0 Å². The molecule has 1 amide bonds. The van der Waals surface area contributed by atoms with Crippen LogP contribution in [0.15, 0.2) is 30.0 Å². The monoisotopic (exact) mass is 347 g/mol. The number of carboxylic acids is 1. The summed E-state index contributed by atoms with van der Waals surface area (Å²) in [5.41, 5.74) is 0.864. The molecule has 0 aromatic carbocycles. The number of aromatic nitrogens is 2. The Hall–Kier alpha value is -2.15. The molecule has 3 rings (SSSR count). The highest BCUT2D eigenvalue weighted by molar-refractivity contribution is 7.09. The summed E-state index contributed by atoms with van der Waals surface area (Å²) in [6.07, 6.45) is 4.06. The highest BCUT2D eigenvalue weighted by Gasteiger charge is 2.42. The number of carbonyl (C=O) groups is 2. The normalized spacial score (nSPS) is 21.8. The zero-order chi connectivity index (χ0) is 17.3. The summed E-state index contributed by atoms with van der Waals surface area (Å²) in [6, 6.07) is 4.00. The number of carbonyl (C=O) groups excluding carboxylic acids is 1. The second-order valence-electron chi connectivity index (χ2n) is 6.41. The van der Waals surface area contributed by atoms with Crippen LogP contribution in [0.4, 0.5) is 0 Å². The van der Waals surface area contributed by atoms with Gasteiger partial charge in [0.1, 0.15) is 0 Å². The fourth-order valence-corrected chi connectivity index (χ4v) is 4.22. The van der Waals surface area contributed by atoms with Gasteiger partial charge in [0, 0.05) is 48.7 Å². The Morgan fingerprint density at radius 3 is 2.83 bits per heavy atom. The Balaban J connectivity index is 1.74. The van der Waals surface area contributed by atoms with Crippen LogP contribution in [0.5, 0.6) is 0 Å². The molecule has 0 aliphatic carbocycles. The minimum Gasteiger partial charge on any atom is -0.481 e. The molecule has 6 nitrogen and oxygen atoms in total. The number of carboxylic acid groups (broad SMARTS) is 1. The quantitative estimate of drug-likeness (QED) is 0.897. The summed E-state index contributed by atoms with van der Waals surface area (Å²) in [5.74, 6) is -1.78. The van der Waals surface area contributed by atoms with Crippen LogP contribution in [0.1, 0.15) is 23.4 Å². The highest BCUT2D eigenvalue weighted by Crippen LogP contribution is 2.33. The van der Waals surface area contributed by atoms with Crippen molar-refractivity contribution in [2.45, 2.75) is 19.3 Å². The van der Waals surface area contributed by atoms with E-state index in [4.69, 9.17) is 0 Å². The van der Waals surface area contributed by atoms with E-state index < -0.39 is 11.9 Å². The number of thiophene rings is 1. The molecule has 128 valence electrons. The zero-order valence-corrected chi connectivity index (χ0v) is 14.6. The van der Waals surface area contributed by atoms with Crippen molar-refractivity contribution in [1.29, 1.82) is 0 Å². The van der Waals surface area contributed by atoms with Gasteiger partial charge in [0.2, 0.25) is 5.91 Å². The number of aryl methyl sites for hydroxylation is 1. The van der Waals surface area contributed by atoms with Crippen LogP contribution < -0.4 is 0 Å². The number of hydrogen-bond acceptors (Lipinski definition) is 4.